The van der Waals surface area contributed by atoms with Crippen LogP contribution in [0.1, 0.15) is 18.4 Å². The summed E-state index contributed by atoms with van der Waals surface area (Å²) in [4.78, 5) is 9.33. The Morgan fingerprint density at radius 3 is 2.52 bits per heavy atom. The molecule has 2 fully saturated rings. The second-order valence-corrected chi connectivity index (χ2v) is 8.74. The van der Waals surface area contributed by atoms with Gasteiger partial charge in [-0.25, -0.2) is 4.98 Å². The Balaban J connectivity index is 1.42. The molecule has 0 aliphatic carbocycles. The standard InChI is InChI=1S/C22H27Cl2N3O2/c23-17-3-1-16(2-4-17)11-20-15-29-21(14-28)13-27(20)19-6-9-26(10-7-19)22-12-18(24)5-8-25-22/h1-5,8,12,19-21,28H,6-7,9-11,13-15H2/t20-,21?/m0/s1. The van der Waals surface area contributed by atoms with Crippen LogP contribution in [-0.4, -0.2) is 66.0 Å². The molecule has 3 heterocycles. The number of ether oxygens (including phenoxy) is 1. The molecule has 1 aromatic carbocycles. The Kier molecular flexibility index (Phi) is 6.93. The van der Waals surface area contributed by atoms with E-state index < -0.39 is 0 Å². The van der Waals surface area contributed by atoms with Crippen LogP contribution in [0, 0.1) is 0 Å². The van der Waals surface area contributed by atoms with Crippen molar-refractivity contribution in [2.75, 3.05) is 37.7 Å². The molecule has 0 saturated carbocycles. The second kappa shape index (κ2) is 9.63. The van der Waals surface area contributed by atoms with Crippen LogP contribution in [0.5, 0.6) is 0 Å². The molecule has 4 rings (SSSR count). The minimum Gasteiger partial charge on any atom is -0.394 e. The largest absolute Gasteiger partial charge is 0.394 e. The van der Waals surface area contributed by atoms with Gasteiger partial charge in [-0.2, -0.15) is 0 Å². The highest BCUT2D eigenvalue weighted by atomic mass is 35.5. The van der Waals surface area contributed by atoms with Crippen molar-refractivity contribution < 1.29 is 9.84 Å². The minimum absolute atomic E-state index is 0.0649. The number of piperidine rings is 1. The molecule has 0 radical (unpaired) electrons. The van der Waals surface area contributed by atoms with Crippen LogP contribution in [0.4, 0.5) is 5.82 Å². The number of nitrogens with zero attached hydrogens (tertiary/aromatic N) is 3. The summed E-state index contributed by atoms with van der Waals surface area (Å²) in [6.07, 6.45) is 4.70. The highest BCUT2D eigenvalue weighted by molar-refractivity contribution is 6.30. The number of benzene rings is 1. The lowest BCUT2D eigenvalue weighted by atomic mass is 9.96. The third kappa shape index (κ3) is 5.22. The van der Waals surface area contributed by atoms with Crippen molar-refractivity contribution in [2.24, 2.45) is 0 Å². The maximum absolute atomic E-state index is 9.64. The summed E-state index contributed by atoms with van der Waals surface area (Å²) in [6, 6.07) is 12.6. The third-order valence-corrected chi connectivity index (χ3v) is 6.45. The Labute approximate surface area is 182 Å². The number of halogens is 2. The van der Waals surface area contributed by atoms with Crippen LogP contribution in [0.25, 0.3) is 0 Å². The molecule has 2 aliphatic heterocycles. The molecule has 29 heavy (non-hydrogen) atoms. The van der Waals surface area contributed by atoms with Gasteiger partial charge in [0.05, 0.1) is 19.3 Å². The second-order valence-electron chi connectivity index (χ2n) is 7.87. The fourth-order valence-electron chi connectivity index (χ4n) is 4.40. The first-order chi connectivity index (χ1) is 14.1. The Morgan fingerprint density at radius 1 is 1.07 bits per heavy atom. The molecule has 156 valence electrons. The van der Waals surface area contributed by atoms with Gasteiger partial charge in [0.1, 0.15) is 5.82 Å². The van der Waals surface area contributed by atoms with Gasteiger partial charge in [0.15, 0.2) is 0 Å². The summed E-state index contributed by atoms with van der Waals surface area (Å²) in [5.41, 5.74) is 1.26. The van der Waals surface area contributed by atoms with Gasteiger partial charge in [-0.1, -0.05) is 35.3 Å². The lowest BCUT2D eigenvalue weighted by Gasteiger charge is -2.46. The molecule has 2 saturated heterocycles. The first kappa shape index (κ1) is 20.9. The van der Waals surface area contributed by atoms with E-state index in [1.807, 2.05) is 24.3 Å². The zero-order chi connectivity index (χ0) is 20.2. The van der Waals surface area contributed by atoms with E-state index in [-0.39, 0.29) is 12.7 Å². The maximum Gasteiger partial charge on any atom is 0.129 e. The zero-order valence-corrected chi connectivity index (χ0v) is 17.9. The molecule has 7 heteroatoms. The number of aromatic nitrogens is 1. The average Bonchev–Trinajstić information content (AvgIpc) is 2.76. The van der Waals surface area contributed by atoms with Crippen molar-refractivity contribution >= 4 is 29.0 Å². The molecule has 1 aromatic heterocycles. The Bertz CT molecular complexity index is 797. The van der Waals surface area contributed by atoms with Gasteiger partial charge >= 0.3 is 0 Å². The van der Waals surface area contributed by atoms with E-state index in [2.05, 4.69) is 26.9 Å². The van der Waals surface area contributed by atoms with E-state index in [9.17, 15) is 5.11 Å². The van der Waals surface area contributed by atoms with Gasteiger partial charge in [0.25, 0.3) is 0 Å². The van der Waals surface area contributed by atoms with Crippen molar-refractivity contribution in [3.63, 3.8) is 0 Å². The summed E-state index contributed by atoms with van der Waals surface area (Å²) in [5, 5.41) is 11.1. The summed E-state index contributed by atoms with van der Waals surface area (Å²) >= 11 is 12.2. The first-order valence-corrected chi connectivity index (χ1v) is 11.0. The normalized spacial score (nSPS) is 24.0. The van der Waals surface area contributed by atoms with Crippen LogP contribution < -0.4 is 4.90 Å². The number of pyridine rings is 1. The van der Waals surface area contributed by atoms with Gasteiger partial charge in [-0.3, -0.25) is 4.90 Å². The van der Waals surface area contributed by atoms with E-state index in [0.29, 0.717) is 18.7 Å². The predicted molar refractivity (Wildman–Crippen MR) is 117 cm³/mol. The van der Waals surface area contributed by atoms with E-state index in [1.54, 1.807) is 6.20 Å². The Morgan fingerprint density at radius 2 is 1.83 bits per heavy atom. The van der Waals surface area contributed by atoms with Gasteiger partial charge in [0, 0.05) is 48.0 Å². The van der Waals surface area contributed by atoms with Crippen molar-refractivity contribution in [1.82, 2.24) is 9.88 Å². The van der Waals surface area contributed by atoms with Crippen LogP contribution in [0.2, 0.25) is 10.0 Å². The zero-order valence-electron chi connectivity index (χ0n) is 16.4. The molecule has 1 unspecified atom stereocenters. The number of aliphatic hydroxyl groups excluding tert-OH is 1. The van der Waals surface area contributed by atoms with Crippen LogP contribution in [0.3, 0.4) is 0 Å². The van der Waals surface area contributed by atoms with Crippen molar-refractivity contribution in [3.8, 4) is 0 Å². The lowest BCUT2D eigenvalue weighted by Crippen LogP contribution is -2.57. The van der Waals surface area contributed by atoms with Crippen LogP contribution in [0.15, 0.2) is 42.6 Å². The smallest absolute Gasteiger partial charge is 0.129 e. The molecule has 2 aromatic rings. The molecule has 2 aliphatic rings. The molecular weight excluding hydrogens is 409 g/mol. The van der Waals surface area contributed by atoms with Gasteiger partial charge in [0.2, 0.25) is 0 Å². The van der Waals surface area contributed by atoms with E-state index in [4.69, 9.17) is 27.9 Å². The van der Waals surface area contributed by atoms with Crippen molar-refractivity contribution in [3.05, 3.63) is 58.2 Å². The number of aliphatic hydroxyl groups is 1. The van der Waals surface area contributed by atoms with Gasteiger partial charge in [-0.05, 0) is 49.1 Å². The Hall–Kier alpha value is -1.37. The maximum atomic E-state index is 9.64. The summed E-state index contributed by atoms with van der Waals surface area (Å²) in [6.45, 7) is 3.38. The monoisotopic (exact) mass is 435 g/mol. The SMILES string of the molecule is OCC1CN(C2CCN(c3cc(Cl)ccn3)CC2)[C@@H](Cc2ccc(Cl)cc2)CO1. The number of anilines is 1. The van der Waals surface area contributed by atoms with Crippen molar-refractivity contribution in [1.29, 1.82) is 0 Å². The highest BCUT2D eigenvalue weighted by Crippen LogP contribution is 2.27. The fraction of sp³-hybridized carbons (Fsp3) is 0.500. The summed E-state index contributed by atoms with van der Waals surface area (Å²) in [5.74, 6) is 0.948. The fourth-order valence-corrected chi connectivity index (χ4v) is 4.68. The van der Waals surface area contributed by atoms with Gasteiger partial charge < -0.3 is 14.7 Å². The molecule has 2 atom stereocenters. The quantitative estimate of drug-likeness (QED) is 0.776. The lowest BCUT2D eigenvalue weighted by molar-refractivity contribution is -0.0979. The predicted octanol–water partition coefficient (Wildman–Crippen LogP) is 3.66. The summed E-state index contributed by atoms with van der Waals surface area (Å²) in [7, 11) is 0. The highest BCUT2D eigenvalue weighted by Gasteiger charge is 2.35. The van der Waals surface area contributed by atoms with Crippen LogP contribution in [-0.2, 0) is 11.2 Å². The topological polar surface area (TPSA) is 48.8 Å². The number of rotatable bonds is 5. The number of morpholine rings is 1. The number of hydrogen-bond donors (Lipinski definition) is 1. The molecule has 0 spiro atoms. The minimum atomic E-state index is -0.107. The number of hydrogen-bond acceptors (Lipinski definition) is 5. The van der Waals surface area contributed by atoms with E-state index >= 15 is 0 Å². The first-order valence-electron chi connectivity index (χ1n) is 10.2. The van der Waals surface area contributed by atoms with E-state index in [1.165, 1.54) is 5.56 Å². The molecule has 5 nitrogen and oxygen atoms in total. The van der Waals surface area contributed by atoms with Crippen molar-refractivity contribution in [2.45, 2.75) is 37.5 Å². The molecule has 0 amide bonds. The molecule has 1 N–H and O–H groups in total. The van der Waals surface area contributed by atoms with Crippen LogP contribution >= 0.6 is 23.2 Å². The average molecular weight is 436 g/mol. The van der Waals surface area contributed by atoms with Gasteiger partial charge in [-0.15, -0.1) is 0 Å². The summed E-state index contributed by atoms with van der Waals surface area (Å²) < 4.78 is 5.91. The third-order valence-electron chi connectivity index (χ3n) is 5.96. The van der Waals surface area contributed by atoms with E-state index in [0.717, 1.165) is 54.8 Å². The molecule has 0 bridgehead atoms. The molecular formula is C22H27Cl2N3O2.